The van der Waals surface area contributed by atoms with Gasteiger partial charge in [0, 0.05) is 50.4 Å². The number of aromatic nitrogens is 3. The van der Waals surface area contributed by atoms with Crippen molar-refractivity contribution in [1.29, 1.82) is 0 Å². The summed E-state index contributed by atoms with van der Waals surface area (Å²) in [5, 5.41) is 9.01. The summed E-state index contributed by atoms with van der Waals surface area (Å²) in [6.07, 6.45) is 2.10. The van der Waals surface area contributed by atoms with Crippen molar-refractivity contribution >= 4 is 5.69 Å². The molecule has 0 atom stereocenters. The van der Waals surface area contributed by atoms with Gasteiger partial charge >= 0.3 is 0 Å². The van der Waals surface area contributed by atoms with Gasteiger partial charge in [-0.05, 0) is 38.8 Å². The van der Waals surface area contributed by atoms with Crippen LogP contribution in [0, 0.1) is 6.92 Å². The molecule has 0 radical (unpaired) electrons. The van der Waals surface area contributed by atoms with E-state index in [4.69, 9.17) is 5.73 Å². The summed E-state index contributed by atoms with van der Waals surface area (Å²) >= 11 is 0. The topological polar surface area (TPSA) is 63.2 Å². The Balaban J connectivity index is 1.36. The van der Waals surface area contributed by atoms with E-state index in [1.54, 1.807) is 0 Å². The van der Waals surface area contributed by atoms with Gasteiger partial charge in [-0.2, -0.15) is 0 Å². The first kappa shape index (κ1) is 17.5. The second-order valence-corrected chi connectivity index (χ2v) is 7.75. The molecule has 1 saturated heterocycles. The number of benzene rings is 1. The summed E-state index contributed by atoms with van der Waals surface area (Å²) in [5.74, 6) is 2.75. The predicted octanol–water partition coefficient (Wildman–Crippen LogP) is 2.13. The molecule has 1 aliphatic carbocycles. The Labute approximate surface area is 156 Å². The molecule has 2 aromatic rings. The Morgan fingerprint density at radius 3 is 2.35 bits per heavy atom. The maximum atomic E-state index is 5.95. The van der Waals surface area contributed by atoms with Gasteiger partial charge < -0.3 is 15.2 Å². The molecule has 0 unspecified atom stereocenters. The number of hydrogen-bond acceptors (Lipinski definition) is 5. The van der Waals surface area contributed by atoms with Crippen molar-refractivity contribution in [1.82, 2.24) is 19.7 Å². The SMILES string of the molecule is CCn1c(CN2CCN(c3ccc(C)cc3)CC2)nnc1C1CC(N)C1. The molecular formula is C20H30N6. The molecule has 1 aromatic heterocycles. The van der Waals surface area contributed by atoms with Gasteiger partial charge in [0.1, 0.15) is 11.6 Å². The standard InChI is InChI=1S/C20H30N6/c1-3-26-19(22-23-20(26)16-12-17(21)13-16)14-24-8-10-25(11-9-24)18-6-4-15(2)5-7-18/h4-7,16-17H,3,8-14,21H2,1-2H3. The fourth-order valence-corrected chi connectivity index (χ4v) is 4.11. The zero-order valence-corrected chi connectivity index (χ0v) is 15.9. The summed E-state index contributed by atoms with van der Waals surface area (Å²) in [6, 6.07) is 9.20. The Bertz CT molecular complexity index is 723. The maximum Gasteiger partial charge on any atom is 0.147 e. The Morgan fingerprint density at radius 2 is 1.73 bits per heavy atom. The van der Waals surface area contributed by atoms with Gasteiger partial charge in [-0.3, -0.25) is 4.90 Å². The van der Waals surface area contributed by atoms with Crippen molar-refractivity contribution in [2.45, 2.75) is 51.7 Å². The largest absolute Gasteiger partial charge is 0.369 e. The van der Waals surface area contributed by atoms with Crippen molar-refractivity contribution in [3.05, 3.63) is 41.5 Å². The molecule has 26 heavy (non-hydrogen) atoms. The lowest BCUT2D eigenvalue weighted by Crippen LogP contribution is -2.46. The van der Waals surface area contributed by atoms with Gasteiger partial charge in [-0.25, -0.2) is 0 Å². The molecule has 2 fully saturated rings. The minimum absolute atomic E-state index is 0.348. The van der Waals surface area contributed by atoms with Crippen molar-refractivity contribution < 1.29 is 0 Å². The van der Waals surface area contributed by atoms with Gasteiger partial charge in [0.2, 0.25) is 0 Å². The third kappa shape index (κ3) is 3.48. The number of nitrogens with zero attached hydrogens (tertiary/aromatic N) is 5. The molecule has 1 aromatic carbocycles. The number of nitrogens with two attached hydrogens (primary N) is 1. The van der Waals surface area contributed by atoms with Crippen molar-refractivity contribution in [2.75, 3.05) is 31.1 Å². The van der Waals surface area contributed by atoms with E-state index in [0.717, 1.165) is 63.8 Å². The molecule has 4 rings (SSSR count). The van der Waals surface area contributed by atoms with Crippen LogP contribution in [0.2, 0.25) is 0 Å². The number of anilines is 1. The highest BCUT2D eigenvalue weighted by Crippen LogP contribution is 2.35. The third-order valence-electron chi connectivity index (χ3n) is 5.85. The van der Waals surface area contributed by atoms with Crippen LogP contribution >= 0.6 is 0 Å². The van der Waals surface area contributed by atoms with Gasteiger partial charge in [0.05, 0.1) is 6.54 Å². The number of aryl methyl sites for hydroxylation is 1. The van der Waals surface area contributed by atoms with E-state index >= 15 is 0 Å². The molecule has 140 valence electrons. The summed E-state index contributed by atoms with van der Waals surface area (Å²) in [4.78, 5) is 4.97. The normalized spacial score (nSPS) is 23.9. The number of hydrogen-bond donors (Lipinski definition) is 1. The highest BCUT2D eigenvalue weighted by Gasteiger charge is 2.32. The smallest absolute Gasteiger partial charge is 0.147 e. The summed E-state index contributed by atoms with van der Waals surface area (Å²) < 4.78 is 2.31. The van der Waals surface area contributed by atoms with Crippen LogP contribution in [-0.4, -0.2) is 51.9 Å². The Hall–Kier alpha value is -1.92. The van der Waals surface area contributed by atoms with Crippen LogP contribution < -0.4 is 10.6 Å². The average Bonchev–Trinajstić information content (AvgIpc) is 3.02. The number of rotatable bonds is 5. The van der Waals surface area contributed by atoms with E-state index in [0.29, 0.717) is 12.0 Å². The van der Waals surface area contributed by atoms with Gasteiger partial charge in [-0.1, -0.05) is 17.7 Å². The molecule has 1 saturated carbocycles. The van der Waals surface area contributed by atoms with Crippen LogP contribution in [0.3, 0.4) is 0 Å². The van der Waals surface area contributed by atoms with E-state index in [9.17, 15) is 0 Å². The molecule has 2 heterocycles. The lowest BCUT2D eigenvalue weighted by Gasteiger charge is -2.36. The molecule has 6 nitrogen and oxygen atoms in total. The van der Waals surface area contributed by atoms with E-state index < -0.39 is 0 Å². The minimum atomic E-state index is 0.348. The van der Waals surface area contributed by atoms with Crippen LogP contribution in [0.4, 0.5) is 5.69 Å². The highest BCUT2D eigenvalue weighted by molar-refractivity contribution is 5.47. The van der Waals surface area contributed by atoms with Crippen LogP contribution in [0.5, 0.6) is 0 Å². The van der Waals surface area contributed by atoms with Crippen LogP contribution in [0.15, 0.2) is 24.3 Å². The lowest BCUT2D eigenvalue weighted by molar-refractivity contribution is 0.239. The minimum Gasteiger partial charge on any atom is -0.369 e. The average molecular weight is 355 g/mol. The zero-order chi connectivity index (χ0) is 18.1. The second kappa shape index (κ2) is 7.37. The molecule has 0 bridgehead atoms. The fraction of sp³-hybridized carbons (Fsp3) is 0.600. The molecule has 2 aliphatic rings. The lowest BCUT2D eigenvalue weighted by atomic mass is 9.80. The van der Waals surface area contributed by atoms with Crippen molar-refractivity contribution in [3.8, 4) is 0 Å². The first-order valence-electron chi connectivity index (χ1n) is 9.85. The summed E-state index contributed by atoms with van der Waals surface area (Å²) in [5.41, 5.74) is 8.60. The van der Waals surface area contributed by atoms with E-state index in [-0.39, 0.29) is 0 Å². The van der Waals surface area contributed by atoms with Gasteiger partial charge in [0.15, 0.2) is 0 Å². The zero-order valence-electron chi connectivity index (χ0n) is 15.9. The maximum absolute atomic E-state index is 5.95. The molecule has 6 heteroatoms. The van der Waals surface area contributed by atoms with Crippen LogP contribution in [0.1, 0.15) is 42.9 Å². The van der Waals surface area contributed by atoms with Gasteiger partial charge in [0.25, 0.3) is 0 Å². The van der Waals surface area contributed by atoms with E-state index in [1.807, 2.05) is 0 Å². The molecule has 1 aliphatic heterocycles. The quantitative estimate of drug-likeness (QED) is 0.891. The van der Waals surface area contributed by atoms with Crippen LogP contribution in [0.25, 0.3) is 0 Å². The summed E-state index contributed by atoms with van der Waals surface area (Å²) in [7, 11) is 0. The first-order valence-corrected chi connectivity index (χ1v) is 9.85. The van der Waals surface area contributed by atoms with Gasteiger partial charge in [-0.15, -0.1) is 10.2 Å². The molecule has 2 N–H and O–H groups in total. The number of piperazine rings is 1. The summed E-state index contributed by atoms with van der Waals surface area (Å²) in [6.45, 7) is 10.4. The van der Waals surface area contributed by atoms with Crippen LogP contribution in [-0.2, 0) is 13.1 Å². The Morgan fingerprint density at radius 1 is 1.04 bits per heavy atom. The Kier molecular flexibility index (Phi) is 4.96. The molecular weight excluding hydrogens is 324 g/mol. The van der Waals surface area contributed by atoms with Crippen molar-refractivity contribution in [3.63, 3.8) is 0 Å². The molecule has 0 amide bonds. The monoisotopic (exact) mass is 354 g/mol. The van der Waals surface area contributed by atoms with E-state index in [2.05, 4.69) is 62.7 Å². The van der Waals surface area contributed by atoms with E-state index in [1.165, 1.54) is 11.3 Å². The first-order chi connectivity index (χ1) is 12.6. The molecule has 0 spiro atoms. The van der Waals surface area contributed by atoms with Crippen molar-refractivity contribution in [2.24, 2.45) is 5.73 Å². The predicted molar refractivity (Wildman–Crippen MR) is 104 cm³/mol. The third-order valence-corrected chi connectivity index (χ3v) is 5.85. The highest BCUT2D eigenvalue weighted by atomic mass is 15.3. The fourth-order valence-electron chi connectivity index (χ4n) is 4.11. The second-order valence-electron chi connectivity index (χ2n) is 7.75.